The van der Waals surface area contributed by atoms with Gasteiger partial charge in [-0.05, 0) is 35.8 Å². The molecule has 0 saturated carbocycles. The zero-order valence-electron chi connectivity index (χ0n) is 13.0. The van der Waals surface area contributed by atoms with Crippen LogP contribution in [0.5, 0.6) is 0 Å². The summed E-state index contributed by atoms with van der Waals surface area (Å²) in [5, 5.41) is 0. The highest BCUT2D eigenvalue weighted by molar-refractivity contribution is 5.51. The molecule has 1 nitrogen and oxygen atoms in total. The Labute approximate surface area is 137 Å². The molecule has 0 saturated heterocycles. The molecule has 0 amide bonds. The van der Waals surface area contributed by atoms with Crippen LogP contribution in [-0.2, 0) is 0 Å². The zero-order chi connectivity index (χ0) is 15.7. The highest BCUT2D eigenvalue weighted by atomic mass is 16.3. The van der Waals surface area contributed by atoms with Crippen LogP contribution in [0.3, 0.4) is 0 Å². The van der Waals surface area contributed by atoms with Crippen LogP contribution < -0.4 is 0 Å². The van der Waals surface area contributed by atoms with E-state index in [1.165, 1.54) is 11.1 Å². The first-order chi connectivity index (χ1) is 11.4. The largest absolute Gasteiger partial charge is 0.465 e. The minimum atomic E-state index is 0.350. The van der Waals surface area contributed by atoms with Gasteiger partial charge in [0.1, 0.15) is 5.76 Å². The Morgan fingerprint density at radius 1 is 0.783 bits per heavy atom. The Morgan fingerprint density at radius 2 is 1.52 bits per heavy atom. The van der Waals surface area contributed by atoms with Gasteiger partial charge in [-0.15, -0.1) is 0 Å². The summed E-state index contributed by atoms with van der Waals surface area (Å²) in [6.07, 6.45) is 11.3. The molecule has 0 aliphatic rings. The molecule has 0 bridgehead atoms. The van der Waals surface area contributed by atoms with Gasteiger partial charge < -0.3 is 4.42 Å². The normalized spacial score (nSPS) is 12.9. The van der Waals surface area contributed by atoms with E-state index in [2.05, 4.69) is 72.8 Å². The Hall–Kier alpha value is -2.80. The molecule has 23 heavy (non-hydrogen) atoms. The maximum absolute atomic E-state index is 5.35. The predicted octanol–water partition coefficient (Wildman–Crippen LogP) is 6.18. The first kappa shape index (κ1) is 15.1. The molecule has 0 fully saturated rings. The Kier molecular flexibility index (Phi) is 5.25. The lowest BCUT2D eigenvalue weighted by atomic mass is 9.94. The van der Waals surface area contributed by atoms with E-state index in [1.54, 1.807) is 6.26 Å². The van der Waals surface area contributed by atoms with Gasteiger partial charge in [-0.1, -0.05) is 78.9 Å². The summed E-state index contributed by atoms with van der Waals surface area (Å²) in [5.74, 6) is 1.24. The molecule has 114 valence electrons. The molecule has 0 radical (unpaired) electrons. The maximum atomic E-state index is 5.35. The molecule has 0 N–H and O–H groups in total. The monoisotopic (exact) mass is 300 g/mol. The highest BCUT2D eigenvalue weighted by Gasteiger charge is 2.05. The summed E-state index contributed by atoms with van der Waals surface area (Å²) in [6, 6.07) is 24.9. The van der Waals surface area contributed by atoms with Crippen LogP contribution >= 0.6 is 0 Å². The second kappa shape index (κ2) is 8.00. The van der Waals surface area contributed by atoms with Crippen molar-refractivity contribution in [2.45, 2.75) is 12.3 Å². The van der Waals surface area contributed by atoms with Crippen LogP contribution in [0.25, 0.3) is 12.2 Å². The average molecular weight is 300 g/mol. The van der Waals surface area contributed by atoms with Gasteiger partial charge in [-0.3, -0.25) is 0 Å². The third kappa shape index (κ3) is 4.58. The van der Waals surface area contributed by atoms with Crippen LogP contribution in [0, 0.1) is 0 Å². The van der Waals surface area contributed by atoms with Crippen molar-refractivity contribution in [2.75, 3.05) is 0 Å². The molecule has 1 unspecified atom stereocenters. The molecular formula is C22H20O. The average Bonchev–Trinajstić information content (AvgIpc) is 3.13. The van der Waals surface area contributed by atoms with Crippen molar-refractivity contribution >= 4 is 12.2 Å². The minimum absolute atomic E-state index is 0.350. The molecule has 3 rings (SSSR count). The smallest absolute Gasteiger partial charge is 0.126 e. The fourth-order valence-corrected chi connectivity index (χ4v) is 2.53. The van der Waals surface area contributed by atoms with Crippen LogP contribution in [0.4, 0.5) is 0 Å². The van der Waals surface area contributed by atoms with Crippen LogP contribution in [0.15, 0.2) is 95.6 Å². The van der Waals surface area contributed by atoms with Crippen LogP contribution in [-0.4, -0.2) is 0 Å². The highest BCUT2D eigenvalue weighted by Crippen LogP contribution is 2.23. The van der Waals surface area contributed by atoms with E-state index in [0.29, 0.717) is 5.92 Å². The molecule has 1 heteroatoms. The van der Waals surface area contributed by atoms with Gasteiger partial charge in [-0.25, -0.2) is 0 Å². The maximum Gasteiger partial charge on any atom is 0.126 e. The summed E-state index contributed by atoms with van der Waals surface area (Å²) < 4.78 is 5.35. The van der Waals surface area contributed by atoms with Crippen molar-refractivity contribution in [3.63, 3.8) is 0 Å². The lowest BCUT2D eigenvalue weighted by Crippen LogP contribution is -1.93. The lowest BCUT2D eigenvalue weighted by molar-refractivity contribution is 0.556. The second-order valence-corrected chi connectivity index (χ2v) is 5.44. The summed E-state index contributed by atoms with van der Waals surface area (Å²) >= 11 is 0. The third-order valence-electron chi connectivity index (χ3n) is 3.76. The van der Waals surface area contributed by atoms with Gasteiger partial charge in [0, 0.05) is 5.92 Å². The van der Waals surface area contributed by atoms with Crippen molar-refractivity contribution in [1.29, 1.82) is 0 Å². The number of hydrogen-bond acceptors (Lipinski definition) is 1. The van der Waals surface area contributed by atoms with E-state index in [0.717, 1.165) is 12.2 Å². The van der Waals surface area contributed by atoms with Gasteiger partial charge in [0.2, 0.25) is 0 Å². The van der Waals surface area contributed by atoms with Crippen LogP contribution in [0.1, 0.15) is 29.2 Å². The molecule has 0 aliphatic carbocycles. The molecular weight excluding hydrogens is 280 g/mol. The number of hydrogen-bond donors (Lipinski definition) is 0. The predicted molar refractivity (Wildman–Crippen MR) is 97.0 cm³/mol. The van der Waals surface area contributed by atoms with Gasteiger partial charge in [-0.2, -0.15) is 0 Å². The summed E-state index contributed by atoms with van der Waals surface area (Å²) in [6.45, 7) is 0. The number of furan rings is 1. The standard InChI is InChI=1S/C22H20O/c1-3-9-19(10-4-1)16-17-21(20-11-5-2-6-12-20)13-7-14-22-15-8-18-23-22/h1-12,14-18,21H,13H2/b14-7+,17-16+. The van der Waals surface area contributed by atoms with E-state index >= 15 is 0 Å². The van der Waals surface area contributed by atoms with Gasteiger partial charge in [0.15, 0.2) is 0 Å². The molecule has 1 atom stereocenters. The topological polar surface area (TPSA) is 13.1 Å². The fourth-order valence-electron chi connectivity index (χ4n) is 2.53. The van der Waals surface area contributed by atoms with E-state index in [-0.39, 0.29) is 0 Å². The first-order valence-corrected chi connectivity index (χ1v) is 7.90. The lowest BCUT2D eigenvalue weighted by Gasteiger charge is -2.11. The molecule has 1 aromatic heterocycles. The zero-order valence-corrected chi connectivity index (χ0v) is 13.0. The molecule has 3 aromatic rings. The molecule has 1 heterocycles. The van der Waals surface area contributed by atoms with Crippen molar-refractivity contribution < 1.29 is 4.42 Å². The number of allylic oxidation sites excluding steroid dienone is 2. The van der Waals surface area contributed by atoms with E-state index in [4.69, 9.17) is 4.42 Å². The minimum Gasteiger partial charge on any atom is -0.465 e. The first-order valence-electron chi connectivity index (χ1n) is 7.90. The van der Waals surface area contributed by atoms with Gasteiger partial charge in [0.25, 0.3) is 0 Å². The number of rotatable bonds is 6. The third-order valence-corrected chi connectivity index (χ3v) is 3.76. The quantitative estimate of drug-likeness (QED) is 0.529. The van der Waals surface area contributed by atoms with Gasteiger partial charge in [0.05, 0.1) is 6.26 Å². The van der Waals surface area contributed by atoms with Crippen molar-refractivity contribution in [3.05, 3.63) is 108 Å². The van der Waals surface area contributed by atoms with Gasteiger partial charge >= 0.3 is 0 Å². The Bertz CT molecular complexity index is 737. The fraction of sp³-hybridized carbons (Fsp3) is 0.0909. The molecule has 2 aromatic carbocycles. The van der Waals surface area contributed by atoms with Crippen molar-refractivity contribution in [2.24, 2.45) is 0 Å². The van der Waals surface area contributed by atoms with E-state index in [1.807, 2.05) is 24.3 Å². The second-order valence-electron chi connectivity index (χ2n) is 5.44. The van der Waals surface area contributed by atoms with Crippen molar-refractivity contribution in [3.8, 4) is 0 Å². The summed E-state index contributed by atoms with van der Waals surface area (Å²) in [5.41, 5.74) is 2.55. The summed E-state index contributed by atoms with van der Waals surface area (Å²) in [4.78, 5) is 0. The summed E-state index contributed by atoms with van der Waals surface area (Å²) in [7, 11) is 0. The van der Waals surface area contributed by atoms with Crippen LogP contribution in [0.2, 0.25) is 0 Å². The van der Waals surface area contributed by atoms with E-state index in [9.17, 15) is 0 Å². The Morgan fingerprint density at radius 3 is 2.22 bits per heavy atom. The van der Waals surface area contributed by atoms with Crippen molar-refractivity contribution in [1.82, 2.24) is 0 Å². The molecule has 0 aliphatic heterocycles. The number of benzene rings is 2. The Balaban J connectivity index is 1.75. The molecule has 0 spiro atoms. The van der Waals surface area contributed by atoms with E-state index < -0.39 is 0 Å². The SMILES string of the molecule is C(=C\c1ccco1)/CC(/C=C/c1ccccc1)c1ccccc1.